The highest BCUT2D eigenvalue weighted by atomic mass is 16.5. The summed E-state index contributed by atoms with van der Waals surface area (Å²) in [4.78, 5) is 20.5. The minimum absolute atomic E-state index is 0.112. The van der Waals surface area contributed by atoms with Gasteiger partial charge in [-0.25, -0.2) is 4.98 Å². The quantitative estimate of drug-likeness (QED) is 0.728. The number of aromatic nitrogens is 2. The summed E-state index contributed by atoms with van der Waals surface area (Å²) in [7, 11) is 1.64. The summed E-state index contributed by atoms with van der Waals surface area (Å²) in [5, 5.41) is 6.01. The number of methoxy groups -OCH3 is 1. The Hall–Kier alpha value is -2.47. The van der Waals surface area contributed by atoms with Crippen molar-refractivity contribution in [2.75, 3.05) is 25.6 Å². The number of amides is 1. The predicted molar refractivity (Wildman–Crippen MR) is 84.6 cm³/mol. The van der Waals surface area contributed by atoms with Gasteiger partial charge in [-0.15, -0.1) is 0 Å². The van der Waals surface area contributed by atoms with E-state index in [9.17, 15) is 4.79 Å². The van der Waals surface area contributed by atoms with Gasteiger partial charge in [0.25, 0.3) is 5.91 Å². The van der Waals surface area contributed by atoms with E-state index in [0.717, 1.165) is 12.1 Å². The summed E-state index contributed by atoms with van der Waals surface area (Å²) in [6.45, 7) is 1.78. The molecular weight excluding hydrogens is 280 g/mol. The summed E-state index contributed by atoms with van der Waals surface area (Å²) in [5.41, 5.74) is 1.50. The van der Waals surface area contributed by atoms with Crippen molar-refractivity contribution in [2.45, 2.75) is 13.0 Å². The van der Waals surface area contributed by atoms with Crippen molar-refractivity contribution in [3.8, 4) is 0 Å². The van der Waals surface area contributed by atoms with Gasteiger partial charge in [-0.05, 0) is 30.7 Å². The largest absolute Gasteiger partial charge is 0.385 e. The van der Waals surface area contributed by atoms with E-state index in [-0.39, 0.29) is 5.91 Å². The van der Waals surface area contributed by atoms with Crippen molar-refractivity contribution in [1.29, 1.82) is 0 Å². The van der Waals surface area contributed by atoms with Crippen molar-refractivity contribution in [3.05, 3.63) is 54.0 Å². The number of nitrogens with zero attached hydrogens (tertiary/aromatic N) is 2. The van der Waals surface area contributed by atoms with Gasteiger partial charge in [0, 0.05) is 38.2 Å². The first-order valence-electron chi connectivity index (χ1n) is 7.16. The molecule has 0 aromatic carbocycles. The normalized spacial score (nSPS) is 10.2. The molecule has 116 valence electrons. The topological polar surface area (TPSA) is 76.1 Å². The van der Waals surface area contributed by atoms with E-state index in [4.69, 9.17) is 4.74 Å². The molecule has 0 aliphatic heterocycles. The summed E-state index contributed by atoms with van der Waals surface area (Å²) < 4.78 is 4.95. The van der Waals surface area contributed by atoms with Crippen LogP contribution in [0.4, 0.5) is 5.82 Å². The summed E-state index contributed by atoms with van der Waals surface area (Å²) in [6, 6.07) is 9.16. The number of ether oxygens (including phenoxy) is 1. The van der Waals surface area contributed by atoms with Crippen molar-refractivity contribution in [3.63, 3.8) is 0 Å². The molecule has 0 unspecified atom stereocenters. The third-order valence-electron chi connectivity index (χ3n) is 3.01. The van der Waals surface area contributed by atoms with Gasteiger partial charge in [0.05, 0.1) is 12.2 Å². The van der Waals surface area contributed by atoms with Crippen molar-refractivity contribution < 1.29 is 9.53 Å². The Morgan fingerprint density at radius 3 is 2.91 bits per heavy atom. The molecule has 0 fully saturated rings. The molecule has 6 nitrogen and oxygen atoms in total. The zero-order valence-corrected chi connectivity index (χ0v) is 12.6. The maximum absolute atomic E-state index is 12.0. The lowest BCUT2D eigenvalue weighted by Gasteiger charge is -2.08. The second kappa shape index (κ2) is 8.74. The molecule has 2 rings (SSSR count). The average Bonchev–Trinajstić information content (AvgIpc) is 2.58. The van der Waals surface area contributed by atoms with E-state index >= 15 is 0 Å². The van der Waals surface area contributed by atoms with Crippen LogP contribution in [-0.4, -0.2) is 36.1 Å². The van der Waals surface area contributed by atoms with E-state index in [1.807, 2.05) is 18.2 Å². The number of rotatable bonds is 8. The summed E-state index contributed by atoms with van der Waals surface area (Å²) in [6.07, 6.45) is 4.15. The lowest BCUT2D eigenvalue weighted by molar-refractivity contribution is 0.0948. The SMILES string of the molecule is COCCCNC(=O)c1ccnc(NCc2ccccn2)c1. The minimum Gasteiger partial charge on any atom is -0.385 e. The third kappa shape index (κ3) is 5.14. The molecule has 0 spiro atoms. The monoisotopic (exact) mass is 300 g/mol. The molecule has 0 aliphatic rings. The third-order valence-corrected chi connectivity index (χ3v) is 3.01. The molecule has 0 aliphatic carbocycles. The van der Waals surface area contributed by atoms with Gasteiger partial charge in [-0.2, -0.15) is 0 Å². The molecule has 0 saturated carbocycles. The fourth-order valence-electron chi connectivity index (χ4n) is 1.87. The van der Waals surface area contributed by atoms with Crippen molar-refractivity contribution in [1.82, 2.24) is 15.3 Å². The fourth-order valence-corrected chi connectivity index (χ4v) is 1.87. The Morgan fingerprint density at radius 2 is 2.14 bits per heavy atom. The van der Waals surface area contributed by atoms with Crippen LogP contribution < -0.4 is 10.6 Å². The van der Waals surface area contributed by atoms with Gasteiger partial charge in [-0.1, -0.05) is 6.07 Å². The molecule has 0 saturated heterocycles. The van der Waals surface area contributed by atoms with Crippen molar-refractivity contribution >= 4 is 11.7 Å². The molecule has 6 heteroatoms. The first-order valence-corrected chi connectivity index (χ1v) is 7.16. The molecule has 2 aromatic rings. The first kappa shape index (κ1) is 15.9. The van der Waals surface area contributed by atoms with E-state index in [1.54, 1.807) is 31.6 Å². The molecule has 2 heterocycles. The van der Waals surface area contributed by atoms with Crippen LogP contribution in [0, 0.1) is 0 Å². The zero-order valence-electron chi connectivity index (χ0n) is 12.6. The van der Waals surface area contributed by atoms with Gasteiger partial charge in [0.2, 0.25) is 0 Å². The van der Waals surface area contributed by atoms with Crippen LogP contribution in [-0.2, 0) is 11.3 Å². The predicted octanol–water partition coefficient (Wildman–Crippen LogP) is 1.85. The van der Waals surface area contributed by atoms with Gasteiger partial charge in [0.15, 0.2) is 0 Å². The second-order valence-corrected chi connectivity index (χ2v) is 4.71. The second-order valence-electron chi connectivity index (χ2n) is 4.71. The highest BCUT2D eigenvalue weighted by Crippen LogP contribution is 2.08. The number of hydrogen-bond donors (Lipinski definition) is 2. The highest BCUT2D eigenvalue weighted by molar-refractivity contribution is 5.94. The summed E-state index contributed by atoms with van der Waals surface area (Å²) in [5.74, 6) is 0.537. The maximum Gasteiger partial charge on any atom is 0.251 e. The number of anilines is 1. The van der Waals surface area contributed by atoms with Crippen molar-refractivity contribution in [2.24, 2.45) is 0 Å². The van der Waals surface area contributed by atoms with E-state index in [2.05, 4.69) is 20.6 Å². The lowest BCUT2D eigenvalue weighted by Crippen LogP contribution is -2.25. The lowest BCUT2D eigenvalue weighted by atomic mass is 10.2. The standard InChI is InChI=1S/C16H20N4O2/c1-22-10-4-8-19-16(21)13-6-9-18-15(11-13)20-12-14-5-2-3-7-17-14/h2-3,5-7,9,11H,4,8,10,12H2,1H3,(H,18,20)(H,19,21). The molecule has 0 radical (unpaired) electrons. The Bertz CT molecular complexity index is 590. The smallest absolute Gasteiger partial charge is 0.251 e. The maximum atomic E-state index is 12.0. The van der Waals surface area contributed by atoms with Gasteiger partial charge in [0.1, 0.15) is 5.82 Å². The molecular formula is C16H20N4O2. The molecule has 2 N–H and O–H groups in total. The Kier molecular flexibility index (Phi) is 6.32. The Balaban J connectivity index is 1.87. The average molecular weight is 300 g/mol. The first-order chi connectivity index (χ1) is 10.8. The number of hydrogen-bond acceptors (Lipinski definition) is 5. The number of pyridine rings is 2. The molecule has 0 atom stereocenters. The van der Waals surface area contributed by atoms with Gasteiger partial charge in [-0.3, -0.25) is 9.78 Å². The molecule has 0 bridgehead atoms. The number of carbonyl (C=O) groups excluding carboxylic acids is 1. The van der Waals surface area contributed by atoms with Crippen LogP contribution in [0.25, 0.3) is 0 Å². The Labute approximate surface area is 129 Å². The van der Waals surface area contributed by atoms with Crippen LogP contribution in [0.3, 0.4) is 0 Å². The number of nitrogens with one attached hydrogen (secondary N) is 2. The van der Waals surface area contributed by atoms with E-state index in [0.29, 0.717) is 31.1 Å². The molecule has 2 aromatic heterocycles. The van der Waals surface area contributed by atoms with E-state index in [1.165, 1.54) is 0 Å². The van der Waals surface area contributed by atoms with Gasteiger partial charge >= 0.3 is 0 Å². The van der Waals surface area contributed by atoms with E-state index < -0.39 is 0 Å². The van der Waals surface area contributed by atoms with Crippen LogP contribution in [0.5, 0.6) is 0 Å². The Morgan fingerprint density at radius 1 is 1.23 bits per heavy atom. The van der Waals surface area contributed by atoms with Crippen LogP contribution in [0.1, 0.15) is 22.5 Å². The summed E-state index contributed by atoms with van der Waals surface area (Å²) >= 11 is 0. The molecule has 22 heavy (non-hydrogen) atoms. The van der Waals surface area contributed by atoms with Gasteiger partial charge < -0.3 is 15.4 Å². The minimum atomic E-state index is -0.112. The fraction of sp³-hybridized carbons (Fsp3) is 0.312. The van der Waals surface area contributed by atoms with Crippen LogP contribution >= 0.6 is 0 Å². The van der Waals surface area contributed by atoms with Crippen LogP contribution in [0.2, 0.25) is 0 Å². The highest BCUT2D eigenvalue weighted by Gasteiger charge is 2.06. The van der Waals surface area contributed by atoms with Crippen LogP contribution in [0.15, 0.2) is 42.7 Å². The molecule has 1 amide bonds. The zero-order chi connectivity index (χ0) is 15.6. The number of carbonyl (C=O) groups is 1.